The summed E-state index contributed by atoms with van der Waals surface area (Å²) in [4.78, 5) is 20.5. The van der Waals surface area contributed by atoms with Gasteiger partial charge in [0, 0.05) is 29.1 Å². The van der Waals surface area contributed by atoms with Crippen LogP contribution in [0.25, 0.3) is 10.2 Å². The van der Waals surface area contributed by atoms with Crippen molar-refractivity contribution in [2.24, 2.45) is 0 Å². The maximum atomic E-state index is 13.6. The maximum Gasteiger partial charge on any atom is 0.262 e. The Bertz CT molecular complexity index is 1430. The van der Waals surface area contributed by atoms with E-state index in [-0.39, 0.29) is 11.6 Å². The number of methoxy groups -OCH3 is 2. The number of aromatic nitrogens is 2. The van der Waals surface area contributed by atoms with Gasteiger partial charge < -0.3 is 14.8 Å². The Hall–Kier alpha value is -3.16. The zero-order valence-corrected chi connectivity index (χ0v) is 20.9. The molecule has 2 heterocycles. The molecule has 6 rings (SSSR count). The number of ether oxygens (including phenoxy) is 2. The quantitative estimate of drug-likeness (QED) is 0.435. The normalized spacial score (nSPS) is 17.4. The third-order valence-corrected chi connectivity index (χ3v) is 8.65. The highest BCUT2D eigenvalue weighted by Gasteiger charge is 2.28. The molecule has 35 heavy (non-hydrogen) atoms. The van der Waals surface area contributed by atoms with Crippen molar-refractivity contribution in [1.82, 2.24) is 14.9 Å². The molecule has 0 radical (unpaired) electrons. The van der Waals surface area contributed by atoms with Crippen molar-refractivity contribution < 1.29 is 9.47 Å². The van der Waals surface area contributed by atoms with Crippen molar-refractivity contribution in [3.63, 3.8) is 0 Å². The average molecular weight is 488 g/mol. The lowest BCUT2D eigenvalue weighted by molar-refractivity contribution is 0.349. The first-order chi connectivity index (χ1) is 17.2. The number of thiophene rings is 1. The number of fused-ring (bicyclic) bond motifs is 4. The molecule has 0 spiro atoms. The summed E-state index contributed by atoms with van der Waals surface area (Å²) in [5, 5.41) is 4.54. The van der Waals surface area contributed by atoms with Crippen LogP contribution in [0.3, 0.4) is 0 Å². The lowest BCUT2D eigenvalue weighted by Gasteiger charge is -2.24. The summed E-state index contributed by atoms with van der Waals surface area (Å²) < 4.78 is 12.9. The minimum Gasteiger partial charge on any atom is -0.493 e. The molecule has 7 heteroatoms. The van der Waals surface area contributed by atoms with Crippen LogP contribution in [0.4, 0.5) is 0 Å². The fraction of sp³-hybridized carbons (Fsp3) is 0.357. The molecule has 2 aliphatic carbocycles. The highest BCUT2D eigenvalue weighted by molar-refractivity contribution is 7.18. The summed E-state index contributed by atoms with van der Waals surface area (Å²) in [5.74, 6) is 1.52. The Morgan fingerprint density at radius 2 is 1.86 bits per heavy atom. The summed E-state index contributed by atoms with van der Waals surface area (Å²) in [7, 11) is 3.34. The second-order valence-corrected chi connectivity index (χ2v) is 10.5. The number of nitrogens with zero attached hydrogens (tertiary/aromatic N) is 2. The van der Waals surface area contributed by atoms with Gasteiger partial charge in [0.25, 0.3) is 5.56 Å². The van der Waals surface area contributed by atoms with E-state index in [1.165, 1.54) is 21.6 Å². The van der Waals surface area contributed by atoms with Crippen LogP contribution in [-0.4, -0.2) is 29.8 Å². The molecule has 0 amide bonds. The Kier molecular flexibility index (Phi) is 5.82. The third kappa shape index (κ3) is 3.93. The molecule has 1 unspecified atom stereocenters. The van der Waals surface area contributed by atoms with Crippen LogP contribution in [0.1, 0.15) is 39.6 Å². The summed E-state index contributed by atoms with van der Waals surface area (Å²) >= 11 is 1.68. The lowest BCUT2D eigenvalue weighted by Crippen LogP contribution is -2.34. The van der Waals surface area contributed by atoms with E-state index in [1.807, 2.05) is 16.7 Å². The fourth-order valence-electron chi connectivity index (χ4n) is 5.69. The first-order valence-corrected chi connectivity index (χ1v) is 13.0. The Morgan fingerprint density at radius 3 is 2.60 bits per heavy atom. The molecular weight excluding hydrogens is 458 g/mol. The van der Waals surface area contributed by atoms with Gasteiger partial charge in [0.15, 0.2) is 11.5 Å². The lowest BCUT2D eigenvalue weighted by atomic mass is 9.93. The van der Waals surface area contributed by atoms with Gasteiger partial charge in [-0.05, 0) is 54.9 Å². The molecule has 0 saturated heterocycles. The van der Waals surface area contributed by atoms with Crippen molar-refractivity contribution in [3.8, 4) is 11.5 Å². The van der Waals surface area contributed by atoms with E-state index in [2.05, 4.69) is 35.6 Å². The van der Waals surface area contributed by atoms with Crippen LogP contribution in [0.5, 0.6) is 11.5 Å². The van der Waals surface area contributed by atoms with Crippen LogP contribution < -0.4 is 20.3 Å². The smallest absolute Gasteiger partial charge is 0.262 e. The van der Waals surface area contributed by atoms with Crippen molar-refractivity contribution in [2.75, 3.05) is 14.2 Å². The number of hydrogen-bond acceptors (Lipinski definition) is 6. The molecule has 1 N–H and O–H groups in total. The van der Waals surface area contributed by atoms with E-state index in [4.69, 9.17) is 14.5 Å². The van der Waals surface area contributed by atoms with Gasteiger partial charge in [0.05, 0.1) is 25.9 Å². The van der Waals surface area contributed by atoms with E-state index < -0.39 is 0 Å². The first-order valence-electron chi connectivity index (χ1n) is 12.2. The molecule has 6 nitrogen and oxygen atoms in total. The second kappa shape index (κ2) is 9.13. The van der Waals surface area contributed by atoms with E-state index in [1.54, 1.807) is 31.9 Å². The van der Waals surface area contributed by atoms with Gasteiger partial charge in [-0.1, -0.05) is 36.4 Å². The molecule has 0 bridgehead atoms. The monoisotopic (exact) mass is 487 g/mol. The third-order valence-electron chi connectivity index (χ3n) is 7.48. The number of para-hydroxylation sites is 1. The SMILES string of the molecule is COc1cccc(CNC2CCc3c(sc4ncn(C5Cc6ccccc6C5)c(=O)c34)C2)c1OC. The zero-order valence-electron chi connectivity index (χ0n) is 20.0. The summed E-state index contributed by atoms with van der Waals surface area (Å²) in [6, 6.07) is 15.0. The fourth-order valence-corrected chi connectivity index (χ4v) is 6.95. The first kappa shape index (κ1) is 22.3. The number of hydrogen-bond donors (Lipinski definition) is 1. The van der Waals surface area contributed by atoms with Crippen molar-refractivity contribution in [1.29, 1.82) is 0 Å². The predicted octanol–water partition coefficient (Wildman–Crippen LogP) is 4.46. The Labute approximate surface area is 208 Å². The van der Waals surface area contributed by atoms with Gasteiger partial charge in [0.2, 0.25) is 0 Å². The molecule has 2 aliphatic rings. The van der Waals surface area contributed by atoms with Crippen LogP contribution in [0.15, 0.2) is 53.6 Å². The van der Waals surface area contributed by atoms with Crippen LogP contribution in [0.2, 0.25) is 0 Å². The molecule has 1 atom stereocenters. The number of benzene rings is 2. The van der Waals surface area contributed by atoms with Gasteiger partial charge in [-0.15, -0.1) is 11.3 Å². The molecular formula is C28H29N3O3S. The summed E-state index contributed by atoms with van der Waals surface area (Å²) in [6.07, 6.45) is 6.37. The van der Waals surface area contributed by atoms with Gasteiger partial charge in [-0.25, -0.2) is 4.98 Å². The highest BCUT2D eigenvalue weighted by atomic mass is 32.1. The number of aryl methyl sites for hydroxylation is 1. The zero-order chi connectivity index (χ0) is 23.9. The Balaban J connectivity index is 1.22. The minimum absolute atomic E-state index is 0.123. The second-order valence-electron chi connectivity index (χ2n) is 9.44. The highest BCUT2D eigenvalue weighted by Crippen LogP contribution is 2.36. The van der Waals surface area contributed by atoms with Gasteiger partial charge >= 0.3 is 0 Å². The molecule has 4 aromatic rings. The molecule has 180 valence electrons. The minimum atomic E-state index is 0.123. The van der Waals surface area contributed by atoms with Gasteiger partial charge in [0.1, 0.15) is 4.83 Å². The van der Waals surface area contributed by atoms with Crippen molar-refractivity contribution in [2.45, 2.75) is 50.7 Å². The van der Waals surface area contributed by atoms with Crippen molar-refractivity contribution >= 4 is 21.6 Å². The average Bonchev–Trinajstić information content (AvgIpc) is 3.48. The molecule has 0 fully saturated rings. The molecule has 2 aromatic carbocycles. The largest absolute Gasteiger partial charge is 0.493 e. The predicted molar refractivity (Wildman–Crippen MR) is 139 cm³/mol. The number of nitrogens with one attached hydrogen (secondary N) is 1. The van der Waals surface area contributed by atoms with Crippen molar-refractivity contribution in [3.05, 3.63) is 86.3 Å². The van der Waals surface area contributed by atoms with E-state index in [0.29, 0.717) is 12.6 Å². The van der Waals surface area contributed by atoms with E-state index in [9.17, 15) is 4.79 Å². The van der Waals surface area contributed by atoms with Crippen LogP contribution in [-0.2, 0) is 32.2 Å². The standard InChI is InChI=1S/C28H29N3O3S/c1-33-23-9-5-8-19(26(23)34-2)15-29-20-10-11-22-24(14-20)35-27-25(22)28(32)31(16-30-27)21-12-17-6-3-4-7-18(17)13-21/h3-9,16,20-21,29H,10-15H2,1-2H3. The molecule has 0 aliphatic heterocycles. The van der Waals surface area contributed by atoms with E-state index >= 15 is 0 Å². The summed E-state index contributed by atoms with van der Waals surface area (Å²) in [5.41, 5.74) is 5.11. The van der Waals surface area contributed by atoms with Crippen LogP contribution >= 0.6 is 11.3 Å². The maximum absolute atomic E-state index is 13.6. The van der Waals surface area contributed by atoms with Crippen LogP contribution in [0, 0.1) is 0 Å². The topological polar surface area (TPSA) is 65.4 Å². The summed E-state index contributed by atoms with van der Waals surface area (Å²) in [6.45, 7) is 0.707. The molecule has 2 aromatic heterocycles. The van der Waals surface area contributed by atoms with Gasteiger partial charge in [-0.3, -0.25) is 9.36 Å². The van der Waals surface area contributed by atoms with E-state index in [0.717, 1.165) is 59.4 Å². The molecule has 0 saturated carbocycles. The number of rotatable bonds is 6. The Morgan fingerprint density at radius 1 is 1.06 bits per heavy atom. The van der Waals surface area contributed by atoms with Gasteiger partial charge in [-0.2, -0.15) is 0 Å².